The van der Waals surface area contributed by atoms with Crippen LogP contribution in [0, 0.1) is 10.1 Å². The van der Waals surface area contributed by atoms with Gasteiger partial charge in [0.25, 0.3) is 0 Å². The van der Waals surface area contributed by atoms with Gasteiger partial charge in [0, 0.05) is 0 Å². The van der Waals surface area contributed by atoms with Gasteiger partial charge in [-0.05, 0) is 0 Å². The van der Waals surface area contributed by atoms with E-state index in [0.717, 1.165) is 0 Å². The number of alkyl halides is 3. The maximum absolute atomic E-state index is 11.9. The largest absolute Gasteiger partial charge is 0.406 e. The molecule has 1 heterocycles. The third-order valence-electron chi connectivity index (χ3n) is 1.54. The molecule has 0 aliphatic carbocycles. The van der Waals surface area contributed by atoms with Crippen molar-refractivity contribution in [3.05, 3.63) is 37.1 Å². The first-order valence-corrected chi connectivity index (χ1v) is 3.75. The Balaban J connectivity index is 3.32. The fraction of sp³-hybridized carbons (Fsp3) is 0.333. The third-order valence-corrected chi connectivity index (χ3v) is 1.54. The number of nitrogens with zero attached hydrogens (tertiary/aromatic N) is 2. The highest BCUT2D eigenvalue weighted by atomic mass is 19.4. The monoisotopic (exact) mass is 239 g/mol. The van der Waals surface area contributed by atoms with E-state index in [4.69, 9.17) is 0 Å². The Hall–Kier alpha value is -2.13. The van der Waals surface area contributed by atoms with Crippen LogP contribution in [-0.4, -0.2) is 20.7 Å². The summed E-state index contributed by atoms with van der Waals surface area (Å²) >= 11 is 0. The van der Waals surface area contributed by atoms with Gasteiger partial charge in [0.1, 0.15) is 6.54 Å². The number of aromatic nitrogens is 2. The molecule has 0 fully saturated rings. The Morgan fingerprint density at radius 3 is 2.44 bits per heavy atom. The Morgan fingerprint density at radius 1 is 1.44 bits per heavy atom. The third kappa shape index (κ3) is 2.68. The van der Waals surface area contributed by atoms with Crippen LogP contribution in [-0.2, 0) is 6.54 Å². The average Bonchev–Trinajstić information content (AvgIpc) is 2.07. The van der Waals surface area contributed by atoms with Gasteiger partial charge in [-0.15, -0.1) is 0 Å². The lowest BCUT2D eigenvalue weighted by Gasteiger charge is -2.07. The van der Waals surface area contributed by atoms with Crippen molar-refractivity contribution in [3.63, 3.8) is 0 Å². The number of halogens is 3. The fourth-order valence-corrected chi connectivity index (χ4v) is 0.938. The predicted octanol–water partition coefficient (Wildman–Crippen LogP) is 0.00710. The molecular weight excluding hydrogens is 235 g/mol. The number of hydrogen-bond donors (Lipinski definition) is 1. The van der Waals surface area contributed by atoms with Gasteiger partial charge in [0.05, 0.1) is 11.1 Å². The zero-order valence-corrected chi connectivity index (χ0v) is 7.45. The first kappa shape index (κ1) is 11.9. The predicted molar refractivity (Wildman–Crippen MR) is 44.0 cm³/mol. The first-order valence-electron chi connectivity index (χ1n) is 3.75. The standard InChI is InChI=1S/C6H4F3N3O4/c7-6(8,9)2-11-1-3(12(15)16)4(13)10-5(11)14/h1H,2H2,(H,10,13,14). The Kier molecular flexibility index (Phi) is 2.83. The fourth-order valence-electron chi connectivity index (χ4n) is 0.938. The van der Waals surface area contributed by atoms with Crippen LogP contribution >= 0.6 is 0 Å². The van der Waals surface area contributed by atoms with Crippen molar-refractivity contribution in [2.45, 2.75) is 12.7 Å². The second-order valence-electron chi connectivity index (χ2n) is 2.77. The van der Waals surface area contributed by atoms with Gasteiger partial charge in [0.15, 0.2) is 0 Å². The van der Waals surface area contributed by atoms with E-state index in [9.17, 15) is 32.9 Å². The first-order chi connectivity index (χ1) is 7.20. The zero-order chi connectivity index (χ0) is 12.5. The van der Waals surface area contributed by atoms with Crippen LogP contribution in [0.25, 0.3) is 0 Å². The van der Waals surface area contributed by atoms with Crippen molar-refractivity contribution in [2.75, 3.05) is 0 Å². The van der Waals surface area contributed by atoms with Gasteiger partial charge in [-0.25, -0.2) is 4.79 Å². The van der Waals surface area contributed by atoms with Crippen molar-refractivity contribution < 1.29 is 18.1 Å². The topological polar surface area (TPSA) is 98.0 Å². The molecule has 1 rings (SSSR count). The molecule has 0 aromatic carbocycles. The molecule has 0 atom stereocenters. The summed E-state index contributed by atoms with van der Waals surface area (Å²) in [5.74, 6) is 0. The average molecular weight is 239 g/mol. The SMILES string of the molecule is O=c1[nH]c(=O)n(CC(F)(F)F)cc1[N+](=O)[O-]. The number of rotatable bonds is 2. The molecule has 0 amide bonds. The lowest BCUT2D eigenvalue weighted by atomic mass is 10.5. The van der Waals surface area contributed by atoms with E-state index in [1.807, 2.05) is 0 Å². The minimum Gasteiger partial charge on any atom is -0.285 e. The smallest absolute Gasteiger partial charge is 0.285 e. The number of aromatic amines is 1. The zero-order valence-electron chi connectivity index (χ0n) is 7.45. The minimum atomic E-state index is -4.71. The summed E-state index contributed by atoms with van der Waals surface area (Å²) in [6, 6.07) is 0. The van der Waals surface area contributed by atoms with Crippen molar-refractivity contribution >= 4 is 5.69 Å². The summed E-state index contributed by atoms with van der Waals surface area (Å²) in [5.41, 5.74) is -3.81. The van der Waals surface area contributed by atoms with E-state index in [0.29, 0.717) is 0 Å². The van der Waals surface area contributed by atoms with Gasteiger partial charge in [0.2, 0.25) is 0 Å². The van der Waals surface area contributed by atoms with E-state index < -0.39 is 34.6 Å². The van der Waals surface area contributed by atoms with Gasteiger partial charge in [-0.1, -0.05) is 0 Å². The molecule has 1 aromatic heterocycles. The molecule has 0 spiro atoms. The van der Waals surface area contributed by atoms with Crippen LogP contribution < -0.4 is 11.2 Å². The molecule has 7 nitrogen and oxygen atoms in total. The van der Waals surface area contributed by atoms with Crippen molar-refractivity contribution in [2.24, 2.45) is 0 Å². The van der Waals surface area contributed by atoms with Crippen LogP contribution in [0.15, 0.2) is 15.8 Å². The Labute approximate surface area is 84.3 Å². The molecular formula is C6H4F3N3O4. The normalized spacial score (nSPS) is 11.4. The van der Waals surface area contributed by atoms with Gasteiger partial charge >= 0.3 is 23.1 Å². The number of H-pyrrole nitrogens is 1. The van der Waals surface area contributed by atoms with Crippen LogP contribution in [0.5, 0.6) is 0 Å². The second kappa shape index (κ2) is 3.79. The van der Waals surface area contributed by atoms with E-state index in [1.165, 1.54) is 4.98 Å². The van der Waals surface area contributed by atoms with Crippen LogP contribution in [0.3, 0.4) is 0 Å². The molecule has 1 aromatic rings. The molecule has 0 aliphatic heterocycles. The molecule has 0 aliphatic rings. The van der Waals surface area contributed by atoms with Crippen LogP contribution in [0.1, 0.15) is 0 Å². The summed E-state index contributed by atoms with van der Waals surface area (Å²) in [4.78, 5) is 32.2. The molecule has 0 radical (unpaired) electrons. The van der Waals surface area contributed by atoms with Gasteiger partial charge in [-0.3, -0.25) is 24.5 Å². The molecule has 88 valence electrons. The molecule has 0 saturated heterocycles. The summed E-state index contributed by atoms with van der Waals surface area (Å²) in [5, 5.41) is 10.2. The van der Waals surface area contributed by atoms with Crippen molar-refractivity contribution in [1.82, 2.24) is 9.55 Å². The maximum atomic E-state index is 11.9. The minimum absolute atomic E-state index is 0.0134. The Morgan fingerprint density at radius 2 is 2.00 bits per heavy atom. The summed E-state index contributed by atoms with van der Waals surface area (Å²) in [6.07, 6.45) is -4.45. The Bertz CT molecular complexity index is 529. The molecule has 0 bridgehead atoms. The summed E-state index contributed by atoms with van der Waals surface area (Å²) in [7, 11) is 0. The van der Waals surface area contributed by atoms with Gasteiger partial charge < -0.3 is 0 Å². The molecule has 16 heavy (non-hydrogen) atoms. The van der Waals surface area contributed by atoms with E-state index >= 15 is 0 Å². The quantitative estimate of drug-likeness (QED) is 0.580. The van der Waals surface area contributed by atoms with Crippen molar-refractivity contribution in [1.29, 1.82) is 0 Å². The highest BCUT2D eigenvalue weighted by molar-refractivity contribution is 5.20. The lowest BCUT2D eigenvalue weighted by molar-refractivity contribution is -0.386. The molecule has 0 unspecified atom stereocenters. The lowest BCUT2D eigenvalue weighted by Crippen LogP contribution is -2.34. The van der Waals surface area contributed by atoms with Crippen LogP contribution in [0.4, 0.5) is 18.9 Å². The highest BCUT2D eigenvalue weighted by Crippen LogP contribution is 2.16. The molecule has 1 N–H and O–H groups in total. The number of nitrogens with one attached hydrogen (secondary N) is 1. The van der Waals surface area contributed by atoms with Gasteiger partial charge in [-0.2, -0.15) is 13.2 Å². The summed E-state index contributed by atoms with van der Waals surface area (Å²) in [6.45, 7) is -1.70. The summed E-state index contributed by atoms with van der Waals surface area (Å²) < 4.78 is 35.8. The number of nitro groups is 1. The van der Waals surface area contributed by atoms with Crippen LogP contribution in [0.2, 0.25) is 0 Å². The van der Waals surface area contributed by atoms with E-state index in [1.54, 1.807) is 0 Å². The molecule has 0 saturated carbocycles. The maximum Gasteiger partial charge on any atom is 0.406 e. The number of hydrogen-bond acceptors (Lipinski definition) is 4. The highest BCUT2D eigenvalue weighted by Gasteiger charge is 2.29. The van der Waals surface area contributed by atoms with Crippen molar-refractivity contribution in [3.8, 4) is 0 Å². The second-order valence-corrected chi connectivity index (χ2v) is 2.77. The van der Waals surface area contributed by atoms with E-state index in [-0.39, 0.29) is 10.8 Å². The van der Waals surface area contributed by atoms with E-state index in [2.05, 4.69) is 0 Å². The molecule has 10 heteroatoms.